The lowest BCUT2D eigenvalue weighted by Gasteiger charge is -2.15. The lowest BCUT2D eigenvalue weighted by Crippen LogP contribution is -2.18. The molecule has 8 nitrogen and oxygen atoms in total. The minimum Gasteiger partial charge on any atom is -0.478 e. The van der Waals surface area contributed by atoms with E-state index in [1.165, 1.54) is 19.2 Å². The van der Waals surface area contributed by atoms with E-state index in [9.17, 15) is 26.4 Å². The quantitative estimate of drug-likeness (QED) is 0.552. The molecule has 0 bridgehead atoms. The number of carbonyl (C=O) groups is 1. The molecule has 2 aromatic heterocycles. The topological polar surface area (TPSA) is 121 Å². The van der Waals surface area contributed by atoms with E-state index in [-0.39, 0.29) is 16.5 Å². The Kier molecular flexibility index (Phi) is 5.94. The highest BCUT2D eigenvalue weighted by molar-refractivity contribution is 9.10. The van der Waals surface area contributed by atoms with Crippen molar-refractivity contribution in [3.8, 4) is 0 Å². The first-order valence-electron chi connectivity index (χ1n) is 7.16. The van der Waals surface area contributed by atoms with Crippen LogP contribution < -0.4 is 10.9 Å². The molecule has 0 fully saturated rings. The maximum atomic E-state index is 12.8. The molecule has 2 heterocycles. The molecule has 0 amide bonds. The number of carboxylic acid groups (broad SMARTS) is 1. The molecule has 0 aliphatic heterocycles. The summed E-state index contributed by atoms with van der Waals surface area (Å²) in [4.78, 5) is 17.9. The number of halogens is 4. The zero-order valence-electron chi connectivity index (χ0n) is 13.5. The fourth-order valence-electron chi connectivity index (χ4n) is 1.92. The molecule has 0 aromatic carbocycles. The van der Waals surface area contributed by atoms with Gasteiger partial charge < -0.3 is 5.11 Å². The van der Waals surface area contributed by atoms with Gasteiger partial charge in [0, 0.05) is 16.9 Å². The van der Waals surface area contributed by atoms with Crippen molar-refractivity contribution in [1.29, 1.82) is 0 Å². The molecule has 146 valence electrons. The Balaban J connectivity index is 2.44. The third kappa shape index (κ3) is 4.86. The Bertz CT molecular complexity index is 983. The van der Waals surface area contributed by atoms with Crippen LogP contribution in [0.5, 0.6) is 0 Å². The summed E-state index contributed by atoms with van der Waals surface area (Å²) in [5.74, 6) is -1.97. The number of aromatic carboxylic acids is 1. The van der Waals surface area contributed by atoms with Crippen LogP contribution in [0.2, 0.25) is 0 Å². The highest BCUT2D eigenvalue weighted by Gasteiger charge is 2.33. The summed E-state index contributed by atoms with van der Waals surface area (Å²) in [6.07, 6.45) is -2.97. The molecule has 0 saturated heterocycles. The molecule has 0 spiro atoms. The van der Waals surface area contributed by atoms with Gasteiger partial charge >= 0.3 is 12.1 Å². The molecule has 13 heteroatoms. The molecule has 0 saturated carbocycles. The second kappa shape index (κ2) is 7.68. The van der Waals surface area contributed by atoms with E-state index in [1.54, 1.807) is 0 Å². The molecular formula is C14H12BrF3N4O4S. The van der Waals surface area contributed by atoms with Gasteiger partial charge in [-0.2, -0.15) is 13.2 Å². The predicted molar refractivity (Wildman–Crippen MR) is 93.1 cm³/mol. The average Bonchev–Trinajstić information content (AvgIpc) is 2.59. The van der Waals surface area contributed by atoms with Gasteiger partial charge in [-0.1, -0.05) is 6.92 Å². The van der Waals surface area contributed by atoms with Crippen LogP contribution in [0.15, 0.2) is 33.9 Å². The number of rotatable bonds is 6. The molecule has 2 rings (SSSR count). The van der Waals surface area contributed by atoms with Gasteiger partial charge in [-0.25, -0.2) is 18.2 Å². The SMILES string of the molecule is CCS(=O)(=O)c1cc(Br)cnc1NNc1cc(C(F)(F)F)ncc1C(=O)O. The first-order chi connectivity index (χ1) is 12.5. The van der Waals surface area contributed by atoms with Crippen LogP contribution in [0, 0.1) is 0 Å². The third-order valence-corrected chi connectivity index (χ3v) is 5.45. The number of pyridine rings is 2. The zero-order chi connectivity index (χ0) is 20.4. The van der Waals surface area contributed by atoms with E-state index in [2.05, 4.69) is 36.7 Å². The maximum Gasteiger partial charge on any atom is 0.433 e. The van der Waals surface area contributed by atoms with Gasteiger partial charge in [-0.3, -0.25) is 15.8 Å². The van der Waals surface area contributed by atoms with Crippen molar-refractivity contribution in [3.05, 3.63) is 40.3 Å². The second-order valence-electron chi connectivity index (χ2n) is 5.07. The number of hydrogen-bond acceptors (Lipinski definition) is 7. The summed E-state index contributed by atoms with van der Waals surface area (Å²) >= 11 is 3.09. The van der Waals surface area contributed by atoms with Crippen molar-refractivity contribution in [2.45, 2.75) is 18.0 Å². The van der Waals surface area contributed by atoms with Crippen LogP contribution in [0.1, 0.15) is 23.0 Å². The Morgan fingerprint density at radius 2 is 1.89 bits per heavy atom. The first-order valence-corrected chi connectivity index (χ1v) is 9.61. The van der Waals surface area contributed by atoms with Gasteiger partial charge in [0.05, 0.1) is 11.4 Å². The largest absolute Gasteiger partial charge is 0.478 e. The van der Waals surface area contributed by atoms with Gasteiger partial charge in [-0.15, -0.1) is 0 Å². The first kappa shape index (κ1) is 20.9. The number of nitrogens with one attached hydrogen (secondary N) is 2. The van der Waals surface area contributed by atoms with Gasteiger partial charge in [-0.05, 0) is 28.1 Å². The number of alkyl halides is 3. The Hall–Kier alpha value is -2.41. The molecule has 0 atom stereocenters. The third-order valence-electron chi connectivity index (χ3n) is 3.27. The van der Waals surface area contributed by atoms with E-state index in [1.807, 2.05) is 0 Å². The number of anilines is 2. The lowest BCUT2D eigenvalue weighted by molar-refractivity contribution is -0.141. The second-order valence-corrected chi connectivity index (χ2v) is 8.23. The van der Waals surface area contributed by atoms with Gasteiger partial charge in [0.25, 0.3) is 0 Å². The summed E-state index contributed by atoms with van der Waals surface area (Å²) in [5.41, 5.74) is 2.29. The number of sulfone groups is 1. The van der Waals surface area contributed by atoms with E-state index in [4.69, 9.17) is 5.11 Å². The van der Waals surface area contributed by atoms with Crippen LogP contribution in [0.3, 0.4) is 0 Å². The summed E-state index contributed by atoms with van der Waals surface area (Å²) < 4.78 is 63.2. The number of aromatic nitrogens is 2. The number of hydrazine groups is 1. The van der Waals surface area contributed by atoms with Crippen molar-refractivity contribution in [2.75, 3.05) is 16.6 Å². The van der Waals surface area contributed by atoms with E-state index < -0.39 is 38.9 Å². The fraction of sp³-hybridized carbons (Fsp3) is 0.214. The molecule has 27 heavy (non-hydrogen) atoms. The smallest absolute Gasteiger partial charge is 0.433 e. The molecule has 3 N–H and O–H groups in total. The number of carboxylic acids is 1. The average molecular weight is 469 g/mol. The predicted octanol–water partition coefficient (Wildman–Crippen LogP) is 3.19. The zero-order valence-corrected chi connectivity index (χ0v) is 15.9. The highest BCUT2D eigenvalue weighted by Crippen LogP contribution is 2.31. The van der Waals surface area contributed by atoms with Crippen molar-refractivity contribution < 1.29 is 31.5 Å². The molecule has 2 aromatic rings. The van der Waals surface area contributed by atoms with Crippen molar-refractivity contribution in [3.63, 3.8) is 0 Å². The Labute approximate surface area is 159 Å². The number of nitrogens with zero attached hydrogens (tertiary/aromatic N) is 2. The summed E-state index contributed by atoms with van der Waals surface area (Å²) in [6, 6.07) is 1.75. The lowest BCUT2D eigenvalue weighted by atomic mass is 10.2. The van der Waals surface area contributed by atoms with Crippen LogP contribution in [-0.2, 0) is 16.0 Å². The van der Waals surface area contributed by atoms with E-state index in [0.717, 1.165) is 0 Å². The van der Waals surface area contributed by atoms with E-state index >= 15 is 0 Å². The Morgan fingerprint density at radius 1 is 1.22 bits per heavy atom. The van der Waals surface area contributed by atoms with E-state index in [0.29, 0.717) is 16.7 Å². The molecular weight excluding hydrogens is 457 g/mol. The van der Waals surface area contributed by atoms with Crippen LogP contribution in [0.25, 0.3) is 0 Å². The van der Waals surface area contributed by atoms with Crippen molar-refractivity contribution in [1.82, 2.24) is 9.97 Å². The van der Waals surface area contributed by atoms with Crippen molar-refractivity contribution >= 4 is 43.2 Å². The fourth-order valence-corrected chi connectivity index (χ4v) is 3.42. The minimum atomic E-state index is -4.79. The number of hydrogen-bond donors (Lipinski definition) is 3. The van der Waals surface area contributed by atoms with Crippen LogP contribution >= 0.6 is 15.9 Å². The Morgan fingerprint density at radius 3 is 2.44 bits per heavy atom. The molecule has 0 unspecified atom stereocenters. The highest BCUT2D eigenvalue weighted by atomic mass is 79.9. The molecule has 0 aliphatic carbocycles. The molecule has 0 radical (unpaired) electrons. The minimum absolute atomic E-state index is 0.207. The maximum absolute atomic E-state index is 12.8. The van der Waals surface area contributed by atoms with Crippen LogP contribution in [-0.4, -0.2) is 35.2 Å². The summed E-state index contributed by atoms with van der Waals surface area (Å²) in [7, 11) is -3.72. The standard InChI is InChI=1S/C14H12BrF3N4O4S/c1-2-27(25,26)10-3-7(15)5-20-12(10)22-21-9-4-11(14(16,17)18)19-6-8(9)13(23)24/h3-6H,2H2,1H3,(H,19,21)(H,20,22)(H,23,24). The monoisotopic (exact) mass is 468 g/mol. The van der Waals surface area contributed by atoms with Gasteiger partial charge in [0.1, 0.15) is 16.2 Å². The van der Waals surface area contributed by atoms with Crippen molar-refractivity contribution in [2.24, 2.45) is 0 Å². The van der Waals surface area contributed by atoms with Crippen LogP contribution in [0.4, 0.5) is 24.7 Å². The normalized spacial score (nSPS) is 11.9. The van der Waals surface area contributed by atoms with Gasteiger partial charge in [0.2, 0.25) is 0 Å². The molecule has 0 aliphatic rings. The summed E-state index contributed by atoms with van der Waals surface area (Å²) in [5, 5.41) is 9.11. The summed E-state index contributed by atoms with van der Waals surface area (Å²) in [6.45, 7) is 1.41. The van der Waals surface area contributed by atoms with Gasteiger partial charge in [0.15, 0.2) is 15.7 Å².